The largest absolute Gasteiger partial charge is 0.311 e. The number of fused-ring (bicyclic) bond motifs is 2. The van der Waals surface area contributed by atoms with Gasteiger partial charge in [-0.25, -0.2) is 0 Å². The monoisotopic (exact) mass is 248 g/mol. The van der Waals surface area contributed by atoms with Crippen LogP contribution in [0.4, 0.5) is 0 Å². The lowest BCUT2D eigenvalue weighted by atomic mass is 9.98. The van der Waals surface area contributed by atoms with Gasteiger partial charge in [-0.2, -0.15) is 5.10 Å². The van der Waals surface area contributed by atoms with Crippen molar-refractivity contribution in [2.75, 3.05) is 13.6 Å². The van der Waals surface area contributed by atoms with Gasteiger partial charge < -0.3 is 10.2 Å². The molecule has 0 aromatic carbocycles. The smallest absolute Gasteiger partial charge is 0.0536 e. The average Bonchev–Trinajstić information content (AvgIpc) is 2.92. The first-order valence-electron chi connectivity index (χ1n) is 7.16. The highest BCUT2D eigenvalue weighted by Crippen LogP contribution is 2.29. The van der Waals surface area contributed by atoms with E-state index in [0.29, 0.717) is 0 Å². The molecular formula is C14H24N4. The molecule has 3 heterocycles. The van der Waals surface area contributed by atoms with Gasteiger partial charge in [0.15, 0.2) is 0 Å². The van der Waals surface area contributed by atoms with Gasteiger partial charge in [0.1, 0.15) is 0 Å². The van der Waals surface area contributed by atoms with Crippen molar-refractivity contribution in [1.82, 2.24) is 20.0 Å². The summed E-state index contributed by atoms with van der Waals surface area (Å²) in [5.41, 5.74) is 1.25. The second-order valence-electron chi connectivity index (χ2n) is 6.02. The fourth-order valence-electron chi connectivity index (χ4n) is 3.42. The van der Waals surface area contributed by atoms with Crippen LogP contribution in [0.1, 0.15) is 31.2 Å². The molecule has 2 unspecified atom stereocenters. The minimum Gasteiger partial charge on any atom is -0.311 e. The molecule has 100 valence electrons. The fourth-order valence-corrected chi connectivity index (χ4v) is 3.42. The van der Waals surface area contributed by atoms with Gasteiger partial charge in [-0.05, 0) is 45.2 Å². The second kappa shape index (κ2) is 5.02. The Bertz CT molecular complexity index is 388. The molecule has 2 bridgehead atoms. The molecule has 18 heavy (non-hydrogen) atoms. The topological polar surface area (TPSA) is 33.1 Å². The summed E-state index contributed by atoms with van der Waals surface area (Å²) in [5, 5.41) is 8.06. The van der Waals surface area contributed by atoms with E-state index < -0.39 is 0 Å². The van der Waals surface area contributed by atoms with Crippen LogP contribution in [0.3, 0.4) is 0 Å². The predicted octanol–water partition coefficient (Wildman–Crippen LogP) is 1.41. The molecule has 2 aliphatic heterocycles. The predicted molar refractivity (Wildman–Crippen MR) is 72.6 cm³/mol. The molecule has 2 saturated heterocycles. The first-order valence-corrected chi connectivity index (χ1v) is 7.16. The molecule has 3 rings (SSSR count). The van der Waals surface area contributed by atoms with Gasteiger partial charge in [-0.1, -0.05) is 0 Å². The van der Waals surface area contributed by atoms with Crippen LogP contribution in [0, 0.1) is 6.92 Å². The number of hydrogen-bond acceptors (Lipinski definition) is 3. The summed E-state index contributed by atoms with van der Waals surface area (Å²) in [6.07, 6.45) is 9.47. The van der Waals surface area contributed by atoms with Crippen LogP contribution in [0.5, 0.6) is 0 Å². The maximum Gasteiger partial charge on any atom is 0.0536 e. The van der Waals surface area contributed by atoms with Gasteiger partial charge in [-0.15, -0.1) is 0 Å². The number of rotatable bonds is 4. The summed E-state index contributed by atoms with van der Waals surface area (Å²) >= 11 is 0. The first kappa shape index (κ1) is 12.2. The minimum absolute atomic E-state index is 0.764. The lowest BCUT2D eigenvalue weighted by Crippen LogP contribution is -2.47. The summed E-state index contributed by atoms with van der Waals surface area (Å²) < 4.78 is 2.06. The van der Waals surface area contributed by atoms with E-state index in [1.54, 1.807) is 0 Å². The molecule has 0 spiro atoms. The van der Waals surface area contributed by atoms with Crippen LogP contribution in [0.15, 0.2) is 12.4 Å². The highest BCUT2D eigenvalue weighted by atomic mass is 15.3. The molecule has 4 heteroatoms. The highest BCUT2D eigenvalue weighted by molar-refractivity contribution is 4.99. The maximum absolute atomic E-state index is 4.35. The Labute approximate surface area is 109 Å². The number of piperidine rings is 1. The number of hydrogen-bond donors (Lipinski definition) is 1. The van der Waals surface area contributed by atoms with Gasteiger partial charge >= 0.3 is 0 Å². The fraction of sp³-hybridized carbons (Fsp3) is 0.786. The van der Waals surface area contributed by atoms with Crippen molar-refractivity contribution in [2.45, 2.75) is 57.3 Å². The van der Waals surface area contributed by atoms with Gasteiger partial charge in [-0.3, -0.25) is 4.68 Å². The third-order valence-electron chi connectivity index (χ3n) is 4.52. The number of nitrogens with one attached hydrogen (secondary N) is 1. The molecular weight excluding hydrogens is 224 g/mol. The average molecular weight is 248 g/mol. The van der Waals surface area contributed by atoms with E-state index in [2.05, 4.69) is 40.2 Å². The Morgan fingerprint density at radius 1 is 1.39 bits per heavy atom. The zero-order chi connectivity index (χ0) is 12.5. The SMILES string of the molecule is Cc1cnn(CCN(C)C2CC3CCC(C2)N3)c1. The molecule has 0 saturated carbocycles. The molecule has 0 amide bonds. The molecule has 2 atom stereocenters. The van der Waals surface area contributed by atoms with Crippen molar-refractivity contribution in [1.29, 1.82) is 0 Å². The number of likely N-dealkylation sites (N-methyl/N-ethyl adjacent to an activating group) is 1. The quantitative estimate of drug-likeness (QED) is 0.874. The maximum atomic E-state index is 4.35. The van der Waals surface area contributed by atoms with Crippen molar-refractivity contribution in [3.8, 4) is 0 Å². The van der Waals surface area contributed by atoms with E-state index in [0.717, 1.165) is 31.2 Å². The van der Waals surface area contributed by atoms with E-state index in [1.807, 2.05) is 6.20 Å². The van der Waals surface area contributed by atoms with E-state index >= 15 is 0 Å². The van der Waals surface area contributed by atoms with Crippen molar-refractivity contribution < 1.29 is 0 Å². The van der Waals surface area contributed by atoms with Crippen LogP contribution in [-0.2, 0) is 6.54 Å². The molecule has 4 nitrogen and oxygen atoms in total. The van der Waals surface area contributed by atoms with Crippen molar-refractivity contribution in [2.24, 2.45) is 0 Å². The molecule has 0 aliphatic carbocycles. The molecule has 1 N–H and O–H groups in total. The lowest BCUT2D eigenvalue weighted by Gasteiger charge is -2.35. The number of nitrogens with zero attached hydrogens (tertiary/aromatic N) is 3. The van der Waals surface area contributed by atoms with Crippen LogP contribution in [0.25, 0.3) is 0 Å². The Kier molecular flexibility index (Phi) is 3.39. The van der Waals surface area contributed by atoms with Crippen LogP contribution in [0.2, 0.25) is 0 Å². The normalized spacial score (nSPS) is 31.2. The molecule has 2 aliphatic rings. The molecule has 1 aromatic rings. The van der Waals surface area contributed by atoms with Crippen molar-refractivity contribution in [3.63, 3.8) is 0 Å². The Morgan fingerprint density at radius 3 is 2.72 bits per heavy atom. The number of aromatic nitrogens is 2. The van der Waals surface area contributed by atoms with Gasteiger partial charge in [0, 0.05) is 30.9 Å². The van der Waals surface area contributed by atoms with Gasteiger partial charge in [0.25, 0.3) is 0 Å². The molecule has 1 aromatic heterocycles. The van der Waals surface area contributed by atoms with Crippen LogP contribution >= 0.6 is 0 Å². The van der Waals surface area contributed by atoms with Crippen LogP contribution in [-0.4, -0.2) is 46.4 Å². The van der Waals surface area contributed by atoms with E-state index in [4.69, 9.17) is 0 Å². The highest BCUT2D eigenvalue weighted by Gasteiger charge is 2.34. The summed E-state index contributed by atoms with van der Waals surface area (Å²) in [6, 6.07) is 2.33. The molecule has 2 fully saturated rings. The third-order valence-corrected chi connectivity index (χ3v) is 4.52. The molecule has 0 radical (unpaired) electrons. The Hall–Kier alpha value is -0.870. The summed E-state index contributed by atoms with van der Waals surface area (Å²) in [5.74, 6) is 0. The standard InChI is InChI=1S/C14H24N4/c1-11-9-15-18(10-11)6-5-17(2)14-7-12-3-4-13(8-14)16-12/h9-10,12-14,16H,3-8H2,1-2H3. The first-order chi connectivity index (χ1) is 8.70. The summed E-state index contributed by atoms with van der Waals surface area (Å²) in [4.78, 5) is 2.53. The van der Waals surface area contributed by atoms with Crippen LogP contribution < -0.4 is 5.32 Å². The van der Waals surface area contributed by atoms with E-state index in [-0.39, 0.29) is 0 Å². The van der Waals surface area contributed by atoms with Gasteiger partial charge in [0.05, 0.1) is 12.7 Å². The Morgan fingerprint density at radius 2 is 2.11 bits per heavy atom. The van der Waals surface area contributed by atoms with Crippen molar-refractivity contribution >= 4 is 0 Å². The summed E-state index contributed by atoms with van der Waals surface area (Å²) in [6.45, 7) is 4.20. The third kappa shape index (κ3) is 2.59. The van der Waals surface area contributed by atoms with E-state index in [1.165, 1.54) is 31.2 Å². The number of aryl methyl sites for hydroxylation is 1. The zero-order valence-electron chi connectivity index (χ0n) is 11.5. The lowest BCUT2D eigenvalue weighted by molar-refractivity contribution is 0.166. The zero-order valence-corrected chi connectivity index (χ0v) is 11.5. The van der Waals surface area contributed by atoms with Gasteiger partial charge in [0.2, 0.25) is 0 Å². The summed E-state index contributed by atoms with van der Waals surface area (Å²) in [7, 11) is 2.27. The van der Waals surface area contributed by atoms with Crippen molar-refractivity contribution in [3.05, 3.63) is 18.0 Å². The Balaban J connectivity index is 1.50. The minimum atomic E-state index is 0.764. The van der Waals surface area contributed by atoms with E-state index in [9.17, 15) is 0 Å². The second-order valence-corrected chi connectivity index (χ2v) is 6.02.